The van der Waals surface area contributed by atoms with Gasteiger partial charge in [-0.1, -0.05) is 6.07 Å². The molecular formula is C7H8N2OS. The molecule has 4 heteroatoms. The molecule has 11 heavy (non-hydrogen) atoms. The minimum absolute atomic E-state index is 0.305. The Balaban J connectivity index is 2.96. The largest absolute Gasteiger partial charge is 0.290 e. The van der Waals surface area contributed by atoms with Gasteiger partial charge in [0.05, 0.1) is 0 Å². The number of nitrogen functional groups attached to an aromatic ring is 1. The minimum atomic E-state index is -0.305. The molecule has 1 aromatic rings. The van der Waals surface area contributed by atoms with E-state index in [9.17, 15) is 4.79 Å². The summed E-state index contributed by atoms with van der Waals surface area (Å²) in [5, 5.41) is 0. The van der Waals surface area contributed by atoms with Gasteiger partial charge in [0.1, 0.15) is 0 Å². The zero-order valence-electron chi connectivity index (χ0n) is 5.74. The number of carbonyl (C=O) groups is 1. The number of nitrogens with one attached hydrogen (secondary N) is 1. The first-order chi connectivity index (χ1) is 5.24. The zero-order valence-corrected chi connectivity index (χ0v) is 6.64. The van der Waals surface area contributed by atoms with E-state index in [2.05, 4.69) is 12.6 Å². The molecular weight excluding hydrogens is 160 g/mol. The first-order valence-electron chi connectivity index (χ1n) is 3.04. The quantitative estimate of drug-likeness (QED) is 0.249. The van der Waals surface area contributed by atoms with Crippen molar-refractivity contribution in [2.75, 3.05) is 0 Å². The Kier molecular flexibility index (Phi) is 2.51. The number of hydrogen-bond donors (Lipinski definition) is 3. The van der Waals surface area contributed by atoms with Gasteiger partial charge in [-0.3, -0.25) is 10.2 Å². The van der Waals surface area contributed by atoms with Crippen LogP contribution in [-0.2, 0) is 0 Å². The van der Waals surface area contributed by atoms with E-state index in [-0.39, 0.29) is 5.91 Å². The molecule has 0 saturated carbocycles. The topological polar surface area (TPSA) is 55.1 Å². The summed E-state index contributed by atoms with van der Waals surface area (Å²) in [4.78, 5) is 11.6. The van der Waals surface area contributed by atoms with Gasteiger partial charge in [0.15, 0.2) is 0 Å². The third-order valence-electron chi connectivity index (χ3n) is 1.24. The van der Waals surface area contributed by atoms with Crippen molar-refractivity contribution in [1.29, 1.82) is 0 Å². The predicted octanol–water partition coefficient (Wildman–Crippen LogP) is 0.579. The molecule has 0 aliphatic rings. The van der Waals surface area contributed by atoms with Crippen molar-refractivity contribution in [2.24, 2.45) is 5.84 Å². The van der Waals surface area contributed by atoms with Gasteiger partial charge < -0.3 is 0 Å². The Labute approximate surface area is 70.0 Å². The van der Waals surface area contributed by atoms with E-state index in [0.717, 1.165) is 4.90 Å². The maximum Gasteiger partial charge on any atom is 0.265 e. The number of rotatable bonds is 1. The first kappa shape index (κ1) is 8.10. The molecule has 1 rings (SSSR count). The van der Waals surface area contributed by atoms with E-state index in [4.69, 9.17) is 5.84 Å². The number of thiol groups is 1. The highest BCUT2D eigenvalue weighted by molar-refractivity contribution is 7.80. The van der Waals surface area contributed by atoms with Crippen LogP contribution < -0.4 is 11.3 Å². The van der Waals surface area contributed by atoms with Crippen LogP contribution in [0.25, 0.3) is 0 Å². The maximum absolute atomic E-state index is 10.9. The molecule has 1 aromatic carbocycles. The second kappa shape index (κ2) is 3.41. The number of nitrogens with two attached hydrogens (primary N) is 1. The van der Waals surface area contributed by atoms with Crippen LogP contribution in [0.3, 0.4) is 0 Å². The third-order valence-corrected chi connectivity index (χ3v) is 1.52. The Bertz CT molecular complexity index is 275. The number of hydrazine groups is 1. The summed E-state index contributed by atoms with van der Waals surface area (Å²) in [5.74, 6) is 4.62. The fraction of sp³-hybridized carbons (Fsp3) is 0. The molecule has 0 spiro atoms. The highest BCUT2D eigenvalue weighted by Crippen LogP contribution is 2.07. The van der Waals surface area contributed by atoms with Crippen molar-refractivity contribution in [3.63, 3.8) is 0 Å². The lowest BCUT2D eigenvalue weighted by Gasteiger charge is -1.98. The van der Waals surface area contributed by atoms with Crippen molar-refractivity contribution in [1.82, 2.24) is 5.43 Å². The molecule has 3 N–H and O–H groups in total. The average Bonchev–Trinajstić information content (AvgIpc) is 2.03. The van der Waals surface area contributed by atoms with Crippen LogP contribution in [0.1, 0.15) is 10.4 Å². The van der Waals surface area contributed by atoms with Crippen LogP contribution in [0.2, 0.25) is 0 Å². The number of hydrogen-bond acceptors (Lipinski definition) is 3. The van der Waals surface area contributed by atoms with Gasteiger partial charge in [-0.25, -0.2) is 5.84 Å². The highest BCUT2D eigenvalue weighted by atomic mass is 32.1. The Morgan fingerprint density at radius 2 is 2.27 bits per heavy atom. The molecule has 58 valence electrons. The molecule has 0 heterocycles. The van der Waals surface area contributed by atoms with Crippen molar-refractivity contribution in [3.05, 3.63) is 29.8 Å². The number of carbonyl (C=O) groups excluding carboxylic acids is 1. The standard InChI is InChI=1S/C7H8N2OS/c8-9-7(10)5-2-1-3-6(11)4-5/h1-4,11H,8H2,(H,9,10). The van der Waals surface area contributed by atoms with Crippen LogP contribution in [0.4, 0.5) is 0 Å². The van der Waals surface area contributed by atoms with Crippen molar-refractivity contribution >= 4 is 18.5 Å². The Morgan fingerprint density at radius 1 is 1.55 bits per heavy atom. The van der Waals surface area contributed by atoms with E-state index in [1.165, 1.54) is 0 Å². The Hall–Kier alpha value is -1.00. The summed E-state index contributed by atoms with van der Waals surface area (Å²) in [5.41, 5.74) is 2.55. The molecule has 1 amide bonds. The lowest BCUT2D eigenvalue weighted by Crippen LogP contribution is -2.29. The van der Waals surface area contributed by atoms with Gasteiger partial charge in [0, 0.05) is 10.5 Å². The van der Waals surface area contributed by atoms with Gasteiger partial charge in [-0.15, -0.1) is 12.6 Å². The molecule has 0 bridgehead atoms. The predicted molar refractivity (Wildman–Crippen MR) is 45.3 cm³/mol. The average molecular weight is 168 g/mol. The second-order valence-corrected chi connectivity index (χ2v) is 2.54. The summed E-state index contributed by atoms with van der Waals surface area (Å²) in [6.07, 6.45) is 0. The lowest BCUT2D eigenvalue weighted by atomic mass is 10.2. The second-order valence-electron chi connectivity index (χ2n) is 2.02. The molecule has 0 unspecified atom stereocenters. The molecule has 0 atom stereocenters. The molecule has 0 aromatic heterocycles. The summed E-state index contributed by atoms with van der Waals surface area (Å²) in [6, 6.07) is 6.84. The van der Waals surface area contributed by atoms with Crippen LogP contribution in [0, 0.1) is 0 Å². The van der Waals surface area contributed by atoms with Crippen LogP contribution >= 0.6 is 12.6 Å². The van der Waals surface area contributed by atoms with Crippen LogP contribution in [0.15, 0.2) is 29.2 Å². The van der Waals surface area contributed by atoms with E-state index in [1.807, 2.05) is 5.43 Å². The van der Waals surface area contributed by atoms with Crippen molar-refractivity contribution < 1.29 is 4.79 Å². The summed E-state index contributed by atoms with van der Waals surface area (Å²) in [7, 11) is 0. The summed E-state index contributed by atoms with van der Waals surface area (Å²) in [6.45, 7) is 0. The van der Waals surface area contributed by atoms with Gasteiger partial charge in [0.25, 0.3) is 5.91 Å². The summed E-state index contributed by atoms with van der Waals surface area (Å²) >= 11 is 4.07. The monoisotopic (exact) mass is 168 g/mol. The van der Waals surface area contributed by atoms with E-state index < -0.39 is 0 Å². The normalized spacial score (nSPS) is 9.27. The molecule has 0 fully saturated rings. The smallest absolute Gasteiger partial charge is 0.265 e. The molecule has 0 aliphatic heterocycles. The van der Waals surface area contributed by atoms with Crippen LogP contribution in [0.5, 0.6) is 0 Å². The van der Waals surface area contributed by atoms with Gasteiger partial charge in [-0.2, -0.15) is 0 Å². The number of benzene rings is 1. The molecule has 0 aliphatic carbocycles. The minimum Gasteiger partial charge on any atom is -0.290 e. The van der Waals surface area contributed by atoms with E-state index in [1.54, 1.807) is 24.3 Å². The van der Waals surface area contributed by atoms with Crippen molar-refractivity contribution in [3.8, 4) is 0 Å². The van der Waals surface area contributed by atoms with Gasteiger partial charge >= 0.3 is 0 Å². The first-order valence-corrected chi connectivity index (χ1v) is 3.48. The number of amides is 1. The fourth-order valence-corrected chi connectivity index (χ4v) is 0.956. The molecule has 0 saturated heterocycles. The maximum atomic E-state index is 10.9. The molecule has 3 nitrogen and oxygen atoms in total. The molecule has 0 radical (unpaired) electrons. The highest BCUT2D eigenvalue weighted by Gasteiger charge is 2.01. The SMILES string of the molecule is NNC(=O)c1cccc(S)c1. The van der Waals surface area contributed by atoms with E-state index in [0.29, 0.717) is 5.56 Å². The van der Waals surface area contributed by atoms with Crippen molar-refractivity contribution in [2.45, 2.75) is 4.90 Å². The fourth-order valence-electron chi connectivity index (χ4n) is 0.730. The zero-order chi connectivity index (χ0) is 8.27. The van der Waals surface area contributed by atoms with Gasteiger partial charge in [0.2, 0.25) is 0 Å². The van der Waals surface area contributed by atoms with Crippen LogP contribution in [-0.4, -0.2) is 5.91 Å². The van der Waals surface area contributed by atoms with E-state index >= 15 is 0 Å². The lowest BCUT2D eigenvalue weighted by molar-refractivity contribution is 0.0953. The third kappa shape index (κ3) is 1.96. The summed E-state index contributed by atoms with van der Waals surface area (Å²) < 4.78 is 0. The Morgan fingerprint density at radius 3 is 2.82 bits per heavy atom. The van der Waals surface area contributed by atoms with Gasteiger partial charge in [-0.05, 0) is 18.2 Å².